The molecule has 2 amide bonds. The molecule has 1 aromatic carbocycles. The molecule has 150 valence electrons. The van der Waals surface area contributed by atoms with Gasteiger partial charge in [-0.15, -0.1) is 11.3 Å². The molecule has 0 saturated carbocycles. The summed E-state index contributed by atoms with van der Waals surface area (Å²) in [5.74, 6) is 0.362. The van der Waals surface area contributed by atoms with E-state index in [2.05, 4.69) is 32.2 Å². The van der Waals surface area contributed by atoms with Crippen LogP contribution in [0.25, 0.3) is 21.6 Å². The number of thiophene rings is 1. The molecule has 0 unspecified atom stereocenters. The van der Waals surface area contributed by atoms with E-state index in [-0.39, 0.29) is 11.8 Å². The number of nitrogens with one attached hydrogen (secondary N) is 3. The summed E-state index contributed by atoms with van der Waals surface area (Å²) in [7, 11) is 1.60. The summed E-state index contributed by atoms with van der Waals surface area (Å²) in [6.07, 6.45) is 4.52. The molecule has 0 spiro atoms. The van der Waals surface area contributed by atoms with Crippen LogP contribution in [0.3, 0.4) is 0 Å². The van der Waals surface area contributed by atoms with Gasteiger partial charge in [-0.05, 0) is 30.3 Å². The number of anilines is 1. The van der Waals surface area contributed by atoms with Crippen LogP contribution in [0.2, 0.25) is 0 Å². The van der Waals surface area contributed by atoms with E-state index in [9.17, 15) is 9.59 Å². The molecule has 9 heteroatoms. The summed E-state index contributed by atoms with van der Waals surface area (Å²) < 4.78 is 5.84. The number of hydrogen-bond acceptors (Lipinski definition) is 6. The highest BCUT2D eigenvalue weighted by Gasteiger charge is 2.15. The molecular formula is C21H17N5O3S. The molecule has 0 radical (unpaired) electrons. The van der Waals surface area contributed by atoms with Gasteiger partial charge < -0.3 is 20.4 Å². The summed E-state index contributed by atoms with van der Waals surface area (Å²) >= 11 is 1.37. The second kappa shape index (κ2) is 8.18. The number of aromatic amines is 1. The molecule has 30 heavy (non-hydrogen) atoms. The van der Waals surface area contributed by atoms with Crippen molar-refractivity contribution in [2.24, 2.45) is 0 Å². The zero-order valence-electron chi connectivity index (χ0n) is 15.9. The maximum atomic E-state index is 11.8. The lowest BCUT2D eigenvalue weighted by Crippen LogP contribution is -2.15. The van der Waals surface area contributed by atoms with Gasteiger partial charge in [0.25, 0.3) is 5.91 Å². The van der Waals surface area contributed by atoms with Crippen molar-refractivity contribution in [3.63, 3.8) is 0 Å². The minimum atomic E-state index is -0.308. The van der Waals surface area contributed by atoms with E-state index in [0.29, 0.717) is 33.4 Å². The lowest BCUT2D eigenvalue weighted by Gasteiger charge is -2.07. The van der Waals surface area contributed by atoms with Crippen LogP contribution >= 0.6 is 11.3 Å². The minimum Gasteiger partial charge on any atom is -0.437 e. The molecule has 3 N–H and O–H groups in total. The Morgan fingerprint density at radius 2 is 2.13 bits per heavy atom. The average Bonchev–Trinajstić information content (AvgIpc) is 3.40. The third-order valence-corrected chi connectivity index (χ3v) is 5.31. The van der Waals surface area contributed by atoms with E-state index in [1.54, 1.807) is 43.6 Å². The Bertz CT molecular complexity index is 1260. The molecule has 0 atom stereocenters. The molecule has 0 aliphatic carbocycles. The van der Waals surface area contributed by atoms with Gasteiger partial charge >= 0.3 is 0 Å². The Morgan fingerprint density at radius 1 is 1.27 bits per heavy atom. The molecule has 0 aliphatic heterocycles. The second-order valence-corrected chi connectivity index (χ2v) is 7.26. The molecule has 0 fully saturated rings. The topological polar surface area (TPSA) is 109 Å². The molecule has 4 aromatic rings. The summed E-state index contributed by atoms with van der Waals surface area (Å²) in [6, 6.07) is 10.6. The van der Waals surface area contributed by atoms with Gasteiger partial charge in [0.2, 0.25) is 11.8 Å². The summed E-state index contributed by atoms with van der Waals surface area (Å²) in [6.45, 7) is 3.43. The highest BCUT2D eigenvalue weighted by atomic mass is 32.1. The van der Waals surface area contributed by atoms with E-state index < -0.39 is 0 Å². The monoisotopic (exact) mass is 419 g/mol. The molecule has 0 saturated heterocycles. The number of benzene rings is 1. The maximum absolute atomic E-state index is 11.8. The Hall–Kier alpha value is -3.98. The van der Waals surface area contributed by atoms with Gasteiger partial charge in [-0.1, -0.05) is 12.6 Å². The van der Waals surface area contributed by atoms with Crippen molar-refractivity contribution in [1.82, 2.24) is 20.3 Å². The van der Waals surface area contributed by atoms with Crippen molar-refractivity contribution in [2.45, 2.75) is 0 Å². The lowest BCUT2D eigenvalue weighted by atomic mass is 10.2. The minimum absolute atomic E-state index is 0.135. The molecule has 8 nitrogen and oxygen atoms in total. The van der Waals surface area contributed by atoms with Crippen molar-refractivity contribution in [3.8, 4) is 22.1 Å². The number of H-pyrrole nitrogens is 1. The Balaban J connectivity index is 1.62. The van der Waals surface area contributed by atoms with Crippen LogP contribution in [0.5, 0.6) is 11.6 Å². The highest BCUT2D eigenvalue weighted by molar-refractivity contribution is 7.17. The SMILES string of the molecule is C=CC(=O)Nc1cccc(Oc2cnc3[nH]cc(-c4ccc(C(=O)NC)s4)c3n2)c1. The molecule has 3 aromatic heterocycles. The van der Waals surface area contributed by atoms with Crippen LogP contribution in [0, 0.1) is 0 Å². The number of aromatic nitrogens is 3. The third-order valence-electron chi connectivity index (χ3n) is 4.19. The van der Waals surface area contributed by atoms with Crippen LogP contribution in [-0.4, -0.2) is 33.8 Å². The van der Waals surface area contributed by atoms with E-state index >= 15 is 0 Å². The lowest BCUT2D eigenvalue weighted by molar-refractivity contribution is -0.111. The number of carbonyl (C=O) groups is 2. The van der Waals surface area contributed by atoms with Gasteiger partial charge in [-0.3, -0.25) is 9.59 Å². The first-order chi connectivity index (χ1) is 14.6. The van der Waals surface area contributed by atoms with Crippen molar-refractivity contribution >= 4 is 40.0 Å². The first-order valence-electron chi connectivity index (χ1n) is 8.95. The average molecular weight is 419 g/mol. The molecule has 0 bridgehead atoms. The van der Waals surface area contributed by atoms with Gasteiger partial charge in [0.1, 0.15) is 11.3 Å². The third kappa shape index (κ3) is 3.91. The number of rotatable bonds is 6. The smallest absolute Gasteiger partial charge is 0.261 e. The zero-order valence-corrected chi connectivity index (χ0v) is 16.7. The van der Waals surface area contributed by atoms with Crippen molar-refractivity contribution < 1.29 is 14.3 Å². The van der Waals surface area contributed by atoms with E-state index in [0.717, 1.165) is 10.4 Å². The van der Waals surface area contributed by atoms with E-state index in [1.807, 2.05) is 6.07 Å². The van der Waals surface area contributed by atoms with Crippen molar-refractivity contribution in [1.29, 1.82) is 0 Å². The van der Waals surface area contributed by atoms with Crippen LogP contribution in [0.4, 0.5) is 5.69 Å². The quantitative estimate of drug-likeness (QED) is 0.410. The van der Waals surface area contributed by atoms with Gasteiger partial charge in [-0.25, -0.2) is 9.97 Å². The number of fused-ring (bicyclic) bond motifs is 1. The van der Waals surface area contributed by atoms with Crippen LogP contribution in [-0.2, 0) is 4.79 Å². The second-order valence-electron chi connectivity index (χ2n) is 6.17. The Labute approximate surface area is 175 Å². The molecular weight excluding hydrogens is 402 g/mol. The standard InChI is InChI=1S/C21H17N5O3S/c1-3-17(27)25-12-5-4-6-13(9-12)29-18-11-24-20-19(26-18)14(10-23-20)15-7-8-16(30-15)21(28)22-2/h3-11H,1H2,2H3,(H,22,28)(H,23,24)(H,25,27). The van der Waals surface area contributed by atoms with Crippen LogP contribution < -0.4 is 15.4 Å². The fourth-order valence-electron chi connectivity index (χ4n) is 2.79. The largest absolute Gasteiger partial charge is 0.437 e. The number of carbonyl (C=O) groups excluding carboxylic acids is 2. The highest BCUT2D eigenvalue weighted by Crippen LogP contribution is 2.33. The Kier molecular flexibility index (Phi) is 5.27. The first kappa shape index (κ1) is 19.3. The molecule has 3 heterocycles. The molecule has 0 aliphatic rings. The van der Waals surface area contributed by atoms with Crippen molar-refractivity contribution in [3.05, 3.63) is 66.3 Å². The van der Waals surface area contributed by atoms with Crippen molar-refractivity contribution in [2.75, 3.05) is 12.4 Å². The summed E-state index contributed by atoms with van der Waals surface area (Å²) in [5, 5.41) is 5.30. The Morgan fingerprint density at radius 3 is 2.93 bits per heavy atom. The predicted octanol–water partition coefficient (Wildman–Crippen LogP) is 3.96. The predicted molar refractivity (Wildman–Crippen MR) is 116 cm³/mol. The van der Waals surface area contributed by atoms with Gasteiger partial charge in [0.15, 0.2) is 5.65 Å². The number of ether oxygens (including phenoxy) is 1. The van der Waals surface area contributed by atoms with Crippen LogP contribution in [0.15, 0.2) is 61.4 Å². The van der Waals surface area contributed by atoms with Gasteiger partial charge in [-0.2, -0.15) is 0 Å². The fraction of sp³-hybridized carbons (Fsp3) is 0.0476. The van der Waals surface area contributed by atoms with E-state index in [4.69, 9.17) is 4.74 Å². The summed E-state index contributed by atoms with van der Waals surface area (Å²) in [5.41, 5.74) is 2.65. The fourth-order valence-corrected chi connectivity index (χ4v) is 3.76. The number of nitrogens with zero attached hydrogens (tertiary/aromatic N) is 2. The number of amides is 2. The van der Waals surface area contributed by atoms with Crippen LogP contribution in [0.1, 0.15) is 9.67 Å². The summed E-state index contributed by atoms with van der Waals surface area (Å²) in [4.78, 5) is 36.9. The van der Waals surface area contributed by atoms with Gasteiger partial charge in [0.05, 0.1) is 11.1 Å². The van der Waals surface area contributed by atoms with Gasteiger partial charge in [0, 0.05) is 35.4 Å². The maximum Gasteiger partial charge on any atom is 0.261 e. The van der Waals surface area contributed by atoms with E-state index in [1.165, 1.54) is 23.6 Å². The number of hydrogen-bond donors (Lipinski definition) is 3. The zero-order chi connectivity index (χ0) is 21.1. The first-order valence-corrected chi connectivity index (χ1v) is 9.77. The molecule has 4 rings (SSSR count). The normalized spacial score (nSPS) is 10.6.